The van der Waals surface area contributed by atoms with E-state index in [1.54, 1.807) is 17.0 Å². The average molecular weight is 398 g/mol. The van der Waals surface area contributed by atoms with Gasteiger partial charge < -0.3 is 15.5 Å². The van der Waals surface area contributed by atoms with Gasteiger partial charge in [-0.3, -0.25) is 14.4 Å². The highest BCUT2D eigenvalue weighted by Gasteiger charge is 2.21. The molecule has 7 heteroatoms. The number of carbonyl (C=O) groups excluding carboxylic acids is 3. The molecule has 146 valence electrons. The maximum Gasteiger partial charge on any atom is 0.234 e. The van der Waals surface area contributed by atoms with Crippen molar-refractivity contribution in [3.63, 3.8) is 0 Å². The molecular weight excluding hydrogens is 374 g/mol. The first-order chi connectivity index (χ1) is 13.5. The van der Waals surface area contributed by atoms with Crippen molar-refractivity contribution in [1.82, 2.24) is 0 Å². The summed E-state index contributed by atoms with van der Waals surface area (Å²) < 4.78 is 0. The van der Waals surface area contributed by atoms with Crippen LogP contribution in [0.25, 0.3) is 0 Å². The normalized spacial score (nSPS) is 13.5. The highest BCUT2D eigenvalue weighted by atomic mass is 32.2. The number of rotatable bonds is 7. The predicted molar refractivity (Wildman–Crippen MR) is 114 cm³/mol. The lowest BCUT2D eigenvalue weighted by molar-refractivity contribution is -0.117. The van der Waals surface area contributed by atoms with Gasteiger partial charge >= 0.3 is 0 Å². The lowest BCUT2D eigenvalue weighted by Crippen LogP contribution is -2.24. The van der Waals surface area contributed by atoms with Gasteiger partial charge in [-0.15, -0.1) is 11.8 Å². The zero-order chi connectivity index (χ0) is 19.9. The first-order valence-corrected chi connectivity index (χ1v) is 10.3. The van der Waals surface area contributed by atoms with Crippen LogP contribution in [-0.2, 0) is 14.4 Å². The van der Waals surface area contributed by atoms with E-state index in [4.69, 9.17) is 0 Å². The molecule has 0 saturated carbocycles. The average Bonchev–Trinajstić information content (AvgIpc) is 3.10. The van der Waals surface area contributed by atoms with Gasteiger partial charge in [-0.05, 0) is 43.7 Å². The van der Waals surface area contributed by atoms with Crippen LogP contribution in [0, 0.1) is 6.92 Å². The Hall–Kier alpha value is -2.80. The molecular formula is C21H23N3O3S. The molecule has 0 radical (unpaired) electrons. The molecule has 1 aliphatic rings. The summed E-state index contributed by atoms with van der Waals surface area (Å²) in [5.74, 6) is 0.158. The fraction of sp³-hybridized carbons (Fsp3) is 0.286. The van der Waals surface area contributed by atoms with Crippen LogP contribution in [0.15, 0.2) is 48.5 Å². The largest absolute Gasteiger partial charge is 0.325 e. The quantitative estimate of drug-likeness (QED) is 0.750. The molecule has 3 rings (SSSR count). The number of hydrogen-bond donors (Lipinski definition) is 2. The van der Waals surface area contributed by atoms with E-state index in [1.807, 2.05) is 43.3 Å². The van der Waals surface area contributed by atoms with Crippen molar-refractivity contribution in [2.45, 2.75) is 19.8 Å². The first-order valence-electron chi connectivity index (χ1n) is 9.16. The van der Waals surface area contributed by atoms with Crippen molar-refractivity contribution >= 4 is 46.5 Å². The van der Waals surface area contributed by atoms with Gasteiger partial charge in [0.1, 0.15) is 0 Å². The monoisotopic (exact) mass is 397 g/mol. The molecule has 3 amide bonds. The fourth-order valence-corrected chi connectivity index (χ4v) is 3.56. The zero-order valence-electron chi connectivity index (χ0n) is 15.7. The van der Waals surface area contributed by atoms with Crippen molar-refractivity contribution in [3.05, 3.63) is 54.1 Å². The Balaban J connectivity index is 1.43. The van der Waals surface area contributed by atoms with E-state index in [2.05, 4.69) is 10.6 Å². The molecule has 0 spiro atoms. The number of anilines is 3. The zero-order valence-corrected chi connectivity index (χ0v) is 16.6. The number of aryl methyl sites for hydroxylation is 1. The van der Waals surface area contributed by atoms with E-state index < -0.39 is 0 Å². The number of nitrogens with zero attached hydrogens (tertiary/aromatic N) is 1. The Bertz CT molecular complexity index is 867. The molecule has 1 saturated heterocycles. The number of thioether (sulfide) groups is 1. The van der Waals surface area contributed by atoms with Crippen LogP contribution >= 0.6 is 11.8 Å². The number of amides is 3. The van der Waals surface area contributed by atoms with Crippen LogP contribution in [-0.4, -0.2) is 35.8 Å². The third-order valence-electron chi connectivity index (χ3n) is 4.32. The van der Waals surface area contributed by atoms with E-state index in [-0.39, 0.29) is 29.2 Å². The third kappa shape index (κ3) is 5.60. The van der Waals surface area contributed by atoms with Crippen molar-refractivity contribution < 1.29 is 14.4 Å². The van der Waals surface area contributed by atoms with E-state index >= 15 is 0 Å². The minimum absolute atomic E-state index is 0.110. The Morgan fingerprint density at radius 2 is 1.68 bits per heavy atom. The number of carbonyl (C=O) groups is 3. The number of nitrogens with one attached hydrogen (secondary N) is 2. The maximum atomic E-state index is 12.1. The van der Waals surface area contributed by atoms with Gasteiger partial charge in [0.2, 0.25) is 17.7 Å². The summed E-state index contributed by atoms with van der Waals surface area (Å²) in [6.45, 7) is 2.70. The van der Waals surface area contributed by atoms with Crippen LogP contribution in [0.3, 0.4) is 0 Å². The van der Waals surface area contributed by atoms with Gasteiger partial charge in [0, 0.05) is 30.0 Å². The SMILES string of the molecule is Cc1ccc(NC(=O)CSCC(=O)Nc2cccc(N3CCCC3=O)c2)cc1. The van der Waals surface area contributed by atoms with Crippen LogP contribution < -0.4 is 15.5 Å². The Morgan fingerprint density at radius 3 is 2.32 bits per heavy atom. The molecule has 0 unspecified atom stereocenters. The van der Waals surface area contributed by atoms with Gasteiger partial charge in [0.05, 0.1) is 11.5 Å². The van der Waals surface area contributed by atoms with Crippen molar-refractivity contribution in [3.8, 4) is 0 Å². The summed E-state index contributed by atoms with van der Waals surface area (Å²) in [5, 5.41) is 5.63. The van der Waals surface area contributed by atoms with E-state index in [0.717, 1.165) is 23.4 Å². The number of benzene rings is 2. The molecule has 0 atom stereocenters. The number of hydrogen-bond acceptors (Lipinski definition) is 4. The molecule has 2 aromatic carbocycles. The molecule has 1 heterocycles. The molecule has 0 bridgehead atoms. The minimum atomic E-state index is -0.182. The second kappa shape index (κ2) is 9.41. The Kier molecular flexibility index (Phi) is 6.71. The predicted octanol–water partition coefficient (Wildman–Crippen LogP) is 3.43. The Labute approximate surface area is 168 Å². The topological polar surface area (TPSA) is 78.5 Å². The molecule has 2 N–H and O–H groups in total. The molecule has 0 aliphatic carbocycles. The summed E-state index contributed by atoms with van der Waals surface area (Å²) >= 11 is 1.25. The molecule has 1 aliphatic heterocycles. The highest BCUT2D eigenvalue weighted by molar-refractivity contribution is 8.00. The molecule has 6 nitrogen and oxygen atoms in total. The lowest BCUT2D eigenvalue weighted by Gasteiger charge is -2.16. The second-order valence-corrected chi connectivity index (χ2v) is 7.64. The fourth-order valence-electron chi connectivity index (χ4n) is 2.94. The molecule has 2 aromatic rings. The summed E-state index contributed by atoms with van der Waals surface area (Å²) in [6, 6.07) is 14.8. The molecule has 1 fully saturated rings. The second-order valence-electron chi connectivity index (χ2n) is 6.65. The van der Waals surface area contributed by atoms with Crippen LogP contribution in [0.4, 0.5) is 17.1 Å². The first kappa shape index (κ1) is 19.9. The van der Waals surface area contributed by atoms with Crippen molar-refractivity contribution in [2.24, 2.45) is 0 Å². The van der Waals surface area contributed by atoms with Gasteiger partial charge in [-0.1, -0.05) is 23.8 Å². The third-order valence-corrected chi connectivity index (χ3v) is 5.25. The maximum absolute atomic E-state index is 12.1. The summed E-state index contributed by atoms with van der Waals surface area (Å²) in [6.07, 6.45) is 1.43. The van der Waals surface area contributed by atoms with E-state index in [1.165, 1.54) is 11.8 Å². The molecule has 28 heavy (non-hydrogen) atoms. The van der Waals surface area contributed by atoms with Crippen LogP contribution in [0.5, 0.6) is 0 Å². The van der Waals surface area contributed by atoms with Crippen molar-refractivity contribution in [1.29, 1.82) is 0 Å². The smallest absolute Gasteiger partial charge is 0.234 e. The van der Waals surface area contributed by atoms with Crippen LogP contribution in [0.1, 0.15) is 18.4 Å². The van der Waals surface area contributed by atoms with Gasteiger partial charge in [0.25, 0.3) is 0 Å². The van der Waals surface area contributed by atoms with E-state index in [9.17, 15) is 14.4 Å². The van der Waals surface area contributed by atoms with Gasteiger partial charge in [-0.25, -0.2) is 0 Å². The van der Waals surface area contributed by atoms with Gasteiger partial charge in [-0.2, -0.15) is 0 Å². The summed E-state index contributed by atoms with van der Waals surface area (Å²) in [4.78, 5) is 37.7. The summed E-state index contributed by atoms with van der Waals surface area (Å²) in [7, 11) is 0. The highest BCUT2D eigenvalue weighted by Crippen LogP contribution is 2.24. The minimum Gasteiger partial charge on any atom is -0.325 e. The Morgan fingerprint density at radius 1 is 1.00 bits per heavy atom. The van der Waals surface area contributed by atoms with Crippen LogP contribution in [0.2, 0.25) is 0 Å². The lowest BCUT2D eigenvalue weighted by atomic mass is 10.2. The molecule has 0 aromatic heterocycles. The van der Waals surface area contributed by atoms with Gasteiger partial charge in [0.15, 0.2) is 0 Å². The standard InChI is InChI=1S/C21H23N3O3S/c1-15-7-9-16(10-8-15)22-19(25)13-28-14-20(26)23-17-4-2-5-18(12-17)24-11-3-6-21(24)27/h2,4-5,7-10,12H,3,6,11,13-14H2,1H3,(H,22,25)(H,23,26). The van der Waals surface area contributed by atoms with E-state index in [0.29, 0.717) is 18.7 Å². The van der Waals surface area contributed by atoms with Crippen molar-refractivity contribution in [2.75, 3.05) is 33.6 Å². The summed E-state index contributed by atoms with van der Waals surface area (Å²) in [5.41, 5.74) is 3.31.